The Morgan fingerprint density at radius 1 is 1.28 bits per heavy atom. The average molecular weight is 365 g/mol. The van der Waals surface area contributed by atoms with Crippen molar-refractivity contribution in [2.75, 3.05) is 11.9 Å². The topological polar surface area (TPSA) is 78.5 Å². The van der Waals surface area contributed by atoms with E-state index in [1.54, 1.807) is 23.8 Å². The van der Waals surface area contributed by atoms with Crippen molar-refractivity contribution in [2.24, 2.45) is 0 Å². The van der Waals surface area contributed by atoms with Crippen LogP contribution < -0.4 is 10.6 Å². The molecule has 1 fully saturated rings. The largest absolute Gasteiger partial charge is 0.325 e. The summed E-state index contributed by atoms with van der Waals surface area (Å²) in [4.78, 5) is 37.5. The number of hydrogen-bond acceptors (Lipinski definition) is 4. The van der Waals surface area contributed by atoms with Gasteiger partial charge < -0.3 is 10.6 Å². The number of amides is 4. The summed E-state index contributed by atoms with van der Waals surface area (Å²) in [5, 5.41) is 8.41. The maximum Gasteiger partial charge on any atom is 0.325 e. The molecular weight excluding hydrogens is 352 g/mol. The lowest BCUT2D eigenvalue weighted by Crippen LogP contribution is -2.41. The van der Waals surface area contributed by atoms with Crippen LogP contribution >= 0.6 is 11.3 Å². The van der Waals surface area contributed by atoms with Crippen LogP contribution in [0.4, 0.5) is 19.3 Å². The van der Waals surface area contributed by atoms with Gasteiger partial charge in [0.2, 0.25) is 5.91 Å². The summed E-state index contributed by atoms with van der Waals surface area (Å²) in [6, 6.07) is 3.88. The van der Waals surface area contributed by atoms with E-state index in [-0.39, 0.29) is 5.69 Å². The van der Waals surface area contributed by atoms with Crippen LogP contribution in [0.5, 0.6) is 0 Å². The summed E-state index contributed by atoms with van der Waals surface area (Å²) in [5.41, 5.74) is -0.588. The highest BCUT2D eigenvalue weighted by Gasteiger charge is 2.49. The third-order valence-corrected chi connectivity index (χ3v) is 4.56. The number of nitrogens with one attached hydrogen (secondary N) is 2. The van der Waals surface area contributed by atoms with E-state index in [1.807, 2.05) is 0 Å². The van der Waals surface area contributed by atoms with E-state index in [0.717, 1.165) is 17.0 Å². The number of anilines is 1. The van der Waals surface area contributed by atoms with Gasteiger partial charge in [-0.2, -0.15) is 11.3 Å². The van der Waals surface area contributed by atoms with Gasteiger partial charge in [0.1, 0.15) is 12.1 Å². The first-order chi connectivity index (χ1) is 11.8. The molecule has 1 atom stereocenters. The Kier molecular flexibility index (Phi) is 4.25. The zero-order chi connectivity index (χ0) is 18.2. The second kappa shape index (κ2) is 6.25. The summed E-state index contributed by atoms with van der Waals surface area (Å²) in [7, 11) is 0. The first-order valence-corrected chi connectivity index (χ1v) is 8.17. The Labute approximate surface area is 145 Å². The molecule has 1 aromatic heterocycles. The van der Waals surface area contributed by atoms with Gasteiger partial charge in [-0.25, -0.2) is 13.6 Å². The number of nitrogens with zero attached hydrogens (tertiary/aromatic N) is 1. The maximum absolute atomic E-state index is 13.2. The van der Waals surface area contributed by atoms with Crippen LogP contribution in [0.2, 0.25) is 0 Å². The van der Waals surface area contributed by atoms with E-state index >= 15 is 0 Å². The van der Waals surface area contributed by atoms with Crippen LogP contribution in [0.25, 0.3) is 0 Å². The molecule has 1 aliphatic rings. The summed E-state index contributed by atoms with van der Waals surface area (Å²) in [6.45, 7) is 1.02. The first kappa shape index (κ1) is 17.0. The van der Waals surface area contributed by atoms with Crippen LogP contribution in [-0.2, 0) is 15.1 Å². The van der Waals surface area contributed by atoms with Gasteiger partial charge in [-0.05, 0) is 41.4 Å². The molecule has 6 nitrogen and oxygen atoms in total. The number of hydrogen-bond donors (Lipinski definition) is 2. The average Bonchev–Trinajstić information content (AvgIpc) is 3.16. The summed E-state index contributed by atoms with van der Waals surface area (Å²) in [6.07, 6.45) is 0. The zero-order valence-electron chi connectivity index (χ0n) is 13.0. The van der Waals surface area contributed by atoms with Crippen LogP contribution in [0.1, 0.15) is 12.5 Å². The fraction of sp³-hybridized carbons (Fsp3) is 0.188. The normalized spacial score (nSPS) is 19.9. The third kappa shape index (κ3) is 3.10. The first-order valence-electron chi connectivity index (χ1n) is 7.23. The third-order valence-electron chi connectivity index (χ3n) is 3.88. The monoisotopic (exact) mass is 365 g/mol. The molecule has 0 radical (unpaired) electrons. The molecule has 0 aliphatic carbocycles. The zero-order valence-corrected chi connectivity index (χ0v) is 13.8. The lowest BCUT2D eigenvalue weighted by molar-refractivity contribution is -0.133. The van der Waals surface area contributed by atoms with E-state index in [1.165, 1.54) is 17.4 Å². The van der Waals surface area contributed by atoms with Gasteiger partial charge in [0, 0.05) is 11.8 Å². The molecule has 0 saturated carbocycles. The van der Waals surface area contributed by atoms with Crippen LogP contribution in [0.15, 0.2) is 35.0 Å². The molecule has 1 aliphatic heterocycles. The Bertz CT molecular complexity index is 856. The van der Waals surface area contributed by atoms with Gasteiger partial charge in [-0.15, -0.1) is 0 Å². The molecule has 130 valence electrons. The van der Waals surface area contributed by atoms with Gasteiger partial charge in [-0.1, -0.05) is 0 Å². The van der Waals surface area contributed by atoms with Gasteiger partial charge in [0.15, 0.2) is 11.6 Å². The van der Waals surface area contributed by atoms with Crippen molar-refractivity contribution in [2.45, 2.75) is 12.5 Å². The van der Waals surface area contributed by atoms with E-state index in [2.05, 4.69) is 10.6 Å². The molecule has 0 spiro atoms. The molecular formula is C16H13F2N3O3S. The predicted molar refractivity (Wildman–Crippen MR) is 86.9 cm³/mol. The lowest BCUT2D eigenvalue weighted by atomic mass is 9.95. The van der Waals surface area contributed by atoms with Gasteiger partial charge in [0.05, 0.1) is 0 Å². The van der Waals surface area contributed by atoms with Gasteiger partial charge in [-0.3, -0.25) is 14.5 Å². The lowest BCUT2D eigenvalue weighted by Gasteiger charge is -2.20. The van der Waals surface area contributed by atoms with Crippen LogP contribution in [0.3, 0.4) is 0 Å². The maximum atomic E-state index is 13.2. The number of carbonyl (C=O) groups excluding carboxylic acids is 3. The highest BCUT2D eigenvalue weighted by molar-refractivity contribution is 7.08. The molecule has 1 unspecified atom stereocenters. The Hall–Kier alpha value is -2.81. The Balaban J connectivity index is 1.72. The molecule has 2 heterocycles. The SMILES string of the molecule is CC1(c2ccsc2)NC(=O)N(CC(=O)Nc2ccc(F)c(F)c2)C1=O. The summed E-state index contributed by atoms with van der Waals surface area (Å²) < 4.78 is 26.1. The highest BCUT2D eigenvalue weighted by Crippen LogP contribution is 2.30. The number of urea groups is 1. The summed E-state index contributed by atoms with van der Waals surface area (Å²) in [5.74, 6) is -3.42. The van der Waals surface area contributed by atoms with Crippen molar-refractivity contribution in [1.82, 2.24) is 10.2 Å². The Morgan fingerprint density at radius 2 is 2.04 bits per heavy atom. The van der Waals surface area contributed by atoms with Crippen molar-refractivity contribution >= 4 is 34.9 Å². The van der Waals surface area contributed by atoms with Crippen molar-refractivity contribution in [3.05, 3.63) is 52.2 Å². The van der Waals surface area contributed by atoms with Crippen LogP contribution in [-0.4, -0.2) is 29.3 Å². The van der Waals surface area contributed by atoms with Gasteiger partial charge >= 0.3 is 6.03 Å². The minimum absolute atomic E-state index is 0.0246. The second-order valence-corrected chi connectivity index (χ2v) is 6.42. The molecule has 2 aromatic rings. The predicted octanol–water partition coefficient (Wildman–Crippen LogP) is 2.43. The highest BCUT2D eigenvalue weighted by atomic mass is 32.1. The van der Waals surface area contributed by atoms with Crippen molar-refractivity contribution in [3.8, 4) is 0 Å². The molecule has 0 bridgehead atoms. The number of thiophene rings is 1. The molecule has 3 rings (SSSR count). The molecule has 2 N–H and O–H groups in total. The number of carbonyl (C=O) groups is 3. The quantitative estimate of drug-likeness (QED) is 0.817. The van der Waals surface area contributed by atoms with E-state index in [9.17, 15) is 23.2 Å². The minimum Gasteiger partial charge on any atom is -0.324 e. The minimum atomic E-state index is -1.24. The number of rotatable bonds is 4. The number of imide groups is 1. The van der Waals surface area contributed by atoms with E-state index in [4.69, 9.17) is 0 Å². The standard InChI is InChI=1S/C16H13F2N3O3S/c1-16(9-4-5-25-8-9)14(23)21(15(24)20-16)7-13(22)19-10-2-3-11(17)12(18)6-10/h2-6,8H,7H2,1H3,(H,19,22)(H,20,24). The van der Waals surface area contributed by atoms with Gasteiger partial charge in [0.25, 0.3) is 5.91 Å². The van der Waals surface area contributed by atoms with Crippen molar-refractivity contribution in [1.29, 1.82) is 0 Å². The fourth-order valence-electron chi connectivity index (χ4n) is 2.50. The molecule has 25 heavy (non-hydrogen) atoms. The molecule has 9 heteroatoms. The van der Waals surface area contributed by atoms with Crippen molar-refractivity contribution in [3.63, 3.8) is 0 Å². The molecule has 1 aromatic carbocycles. The Morgan fingerprint density at radius 3 is 2.68 bits per heavy atom. The fourth-order valence-corrected chi connectivity index (χ4v) is 3.27. The second-order valence-electron chi connectivity index (χ2n) is 5.64. The molecule has 1 saturated heterocycles. The van der Waals surface area contributed by atoms with Crippen LogP contribution in [0, 0.1) is 11.6 Å². The van der Waals surface area contributed by atoms with E-state index < -0.39 is 41.6 Å². The number of benzene rings is 1. The smallest absolute Gasteiger partial charge is 0.324 e. The van der Waals surface area contributed by atoms with E-state index in [0.29, 0.717) is 5.56 Å². The molecule has 4 amide bonds. The van der Waals surface area contributed by atoms with Crippen molar-refractivity contribution < 1.29 is 23.2 Å². The number of halogens is 2. The summed E-state index contributed by atoms with van der Waals surface area (Å²) >= 11 is 1.38.